The molecule has 0 bridgehead atoms. The van der Waals surface area contributed by atoms with Crippen LogP contribution in [0.3, 0.4) is 0 Å². The molecule has 0 spiro atoms. The van der Waals surface area contributed by atoms with Crippen LogP contribution in [0.5, 0.6) is 5.75 Å². The molecule has 0 N–H and O–H groups in total. The maximum atomic E-state index is 13.6. The summed E-state index contributed by atoms with van der Waals surface area (Å²) in [5.74, 6) is 0.149. The highest BCUT2D eigenvalue weighted by Gasteiger charge is 2.44. The number of carbonyl (C=O) groups is 1. The third-order valence-electron chi connectivity index (χ3n) is 9.20. The van der Waals surface area contributed by atoms with Gasteiger partial charge in [0, 0.05) is 25.9 Å². The van der Waals surface area contributed by atoms with Gasteiger partial charge in [-0.05, 0) is 105 Å². The van der Waals surface area contributed by atoms with Crippen LogP contribution in [0.1, 0.15) is 81.2 Å². The summed E-state index contributed by atoms with van der Waals surface area (Å²) < 4.78 is 136. The Labute approximate surface area is 273 Å². The van der Waals surface area contributed by atoms with Crippen LogP contribution in [0, 0.1) is 11.8 Å². The van der Waals surface area contributed by atoms with Gasteiger partial charge < -0.3 is 19.1 Å². The van der Waals surface area contributed by atoms with E-state index < -0.39 is 59.4 Å². The average Bonchev–Trinajstić information content (AvgIpc) is 3.27. The molecule has 1 heterocycles. The number of halogens is 9. The maximum Gasteiger partial charge on any atom is 0.573 e. The molecule has 1 saturated carbocycles. The van der Waals surface area contributed by atoms with Crippen molar-refractivity contribution in [2.24, 2.45) is 11.8 Å². The molecule has 2 aliphatic rings. The molecule has 48 heavy (non-hydrogen) atoms. The van der Waals surface area contributed by atoms with Gasteiger partial charge in [-0.2, -0.15) is 26.3 Å². The van der Waals surface area contributed by atoms with Gasteiger partial charge in [0.2, 0.25) is 0 Å². The summed E-state index contributed by atoms with van der Waals surface area (Å²) in [6.07, 6.45) is -13.2. The minimum absolute atomic E-state index is 0.0198. The van der Waals surface area contributed by atoms with Gasteiger partial charge in [-0.25, -0.2) is 4.79 Å². The molecule has 2 aromatic carbocycles. The SMILES string of the molecule is CCCN(CC1CCC(C(C)OC)CC1)c1ccc(OC(F)(F)F)cc1CN1C(=O)O[C@H](c2cc(C(F)(F)F)cc(C(F)(F)F)c2)[C@@H]1C. The molecular formula is C33H39F9N2O4. The van der Waals surface area contributed by atoms with Crippen LogP contribution in [0.2, 0.25) is 0 Å². The normalized spacial score (nSPS) is 22.9. The number of rotatable bonds is 11. The number of hydrogen-bond donors (Lipinski definition) is 0. The number of ether oxygens (including phenoxy) is 3. The lowest BCUT2D eigenvalue weighted by Crippen LogP contribution is -2.36. The molecule has 4 rings (SSSR count). The second kappa shape index (κ2) is 14.6. The van der Waals surface area contributed by atoms with Crippen LogP contribution < -0.4 is 9.64 Å². The highest BCUT2D eigenvalue weighted by atomic mass is 19.4. The van der Waals surface area contributed by atoms with E-state index in [0.717, 1.165) is 36.6 Å². The number of cyclic esters (lactones) is 1. The quantitative estimate of drug-likeness (QED) is 0.219. The Balaban J connectivity index is 1.65. The highest BCUT2D eigenvalue weighted by molar-refractivity contribution is 5.72. The van der Waals surface area contributed by atoms with Gasteiger partial charge in [-0.3, -0.25) is 4.90 Å². The fourth-order valence-electron chi connectivity index (χ4n) is 6.60. The minimum atomic E-state index is -5.11. The zero-order valence-corrected chi connectivity index (χ0v) is 26.9. The van der Waals surface area contributed by atoms with Crippen molar-refractivity contribution in [1.29, 1.82) is 0 Å². The number of carbonyl (C=O) groups excluding carboxylic acids is 1. The Morgan fingerprint density at radius 3 is 2.06 bits per heavy atom. The van der Waals surface area contributed by atoms with Crippen LogP contribution in [0.25, 0.3) is 0 Å². The fourth-order valence-corrected chi connectivity index (χ4v) is 6.60. The molecule has 268 valence electrons. The van der Waals surface area contributed by atoms with E-state index in [9.17, 15) is 44.3 Å². The second-order valence-electron chi connectivity index (χ2n) is 12.5. The molecular weight excluding hydrogens is 659 g/mol. The molecule has 3 atom stereocenters. The number of methoxy groups -OCH3 is 1. The number of amides is 1. The Kier molecular flexibility index (Phi) is 11.4. The molecule has 6 nitrogen and oxygen atoms in total. The van der Waals surface area contributed by atoms with Gasteiger partial charge in [0.15, 0.2) is 0 Å². The Morgan fingerprint density at radius 1 is 0.938 bits per heavy atom. The van der Waals surface area contributed by atoms with Gasteiger partial charge in [0.05, 0.1) is 29.8 Å². The molecule has 0 radical (unpaired) electrons. The first-order valence-corrected chi connectivity index (χ1v) is 15.7. The zero-order chi connectivity index (χ0) is 35.6. The van der Waals surface area contributed by atoms with Crippen molar-refractivity contribution < 1.29 is 58.5 Å². The summed E-state index contributed by atoms with van der Waals surface area (Å²) >= 11 is 0. The molecule has 1 saturated heterocycles. The molecule has 15 heteroatoms. The van der Waals surface area contributed by atoms with Crippen LogP contribution in [0.4, 0.5) is 50.0 Å². The predicted octanol–water partition coefficient (Wildman–Crippen LogP) is 9.76. The van der Waals surface area contributed by atoms with Crippen LogP contribution in [-0.4, -0.2) is 49.7 Å². The van der Waals surface area contributed by atoms with Gasteiger partial charge in [0.1, 0.15) is 11.9 Å². The Morgan fingerprint density at radius 2 is 1.54 bits per heavy atom. The van der Waals surface area contributed by atoms with Gasteiger partial charge in [-0.15, -0.1) is 13.2 Å². The molecule has 1 amide bonds. The summed E-state index contributed by atoms with van der Waals surface area (Å²) in [7, 11) is 1.67. The molecule has 0 aromatic heterocycles. The second-order valence-corrected chi connectivity index (χ2v) is 12.5. The van der Waals surface area contributed by atoms with E-state index in [0.29, 0.717) is 43.2 Å². The van der Waals surface area contributed by atoms with E-state index in [2.05, 4.69) is 4.74 Å². The standard InChI is InChI=1S/C33H39F9N2O4/c1-5-12-43(17-21-6-8-22(9-7-21)20(3)46-4)28-11-10-27(48-33(40,41)42)15-24(28)18-44-19(2)29(47-30(44)45)23-13-25(31(34,35)36)16-26(14-23)32(37,38)39/h10-11,13-16,19-22,29H,5-9,12,17-18H2,1-4H3/t19-,20?,21?,22?,29-/m0/s1. The van der Waals surface area contributed by atoms with Crippen LogP contribution in [-0.2, 0) is 28.4 Å². The monoisotopic (exact) mass is 698 g/mol. The molecule has 2 fully saturated rings. The van der Waals surface area contributed by atoms with E-state index in [-0.39, 0.29) is 30.2 Å². The molecule has 1 aliphatic heterocycles. The van der Waals surface area contributed by atoms with Gasteiger partial charge in [0.25, 0.3) is 0 Å². The van der Waals surface area contributed by atoms with E-state index in [1.807, 2.05) is 18.7 Å². The summed E-state index contributed by atoms with van der Waals surface area (Å²) in [6, 6.07) is 3.68. The topological polar surface area (TPSA) is 51.2 Å². The van der Waals surface area contributed by atoms with Crippen molar-refractivity contribution >= 4 is 11.8 Å². The lowest BCUT2D eigenvalue weighted by molar-refractivity contribution is -0.274. The Hall–Kier alpha value is -3.36. The van der Waals surface area contributed by atoms with Crippen molar-refractivity contribution in [2.75, 3.05) is 25.1 Å². The summed E-state index contributed by atoms with van der Waals surface area (Å²) in [4.78, 5) is 16.2. The first-order valence-electron chi connectivity index (χ1n) is 15.7. The minimum Gasteiger partial charge on any atom is -0.439 e. The smallest absolute Gasteiger partial charge is 0.439 e. The fraction of sp³-hybridized carbons (Fsp3) is 0.606. The first-order chi connectivity index (χ1) is 22.3. The third kappa shape index (κ3) is 9.20. The average molecular weight is 699 g/mol. The zero-order valence-electron chi connectivity index (χ0n) is 26.9. The number of benzene rings is 2. The molecule has 2 aromatic rings. The van der Waals surface area contributed by atoms with E-state index in [1.165, 1.54) is 19.1 Å². The Bertz CT molecular complexity index is 1370. The van der Waals surface area contributed by atoms with Crippen LogP contribution in [0.15, 0.2) is 36.4 Å². The summed E-state index contributed by atoms with van der Waals surface area (Å²) in [5.41, 5.74) is -2.86. The third-order valence-corrected chi connectivity index (χ3v) is 9.20. The van der Waals surface area contributed by atoms with Crippen molar-refractivity contribution in [3.05, 3.63) is 58.7 Å². The maximum absolute atomic E-state index is 13.6. The number of hydrogen-bond acceptors (Lipinski definition) is 5. The van der Waals surface area contributed by atoms with Crippen molar-refractivity contribution in [3.63, 3.8) is 0 Å². The number of nitrogens with zero attached hydrogens (tertiary/aromatic N) is 2. The number of alkyl halides is 9. The summed E-state index contributed by atoms with van der Waals surface area (Å²) in [6.45, 7) is 6.14. The lowest BCUT2D eigenvalue weighted by Gasteiger charge is -2.36. The van der Waals surface area contributed by atoms with E-state index >= 15 is 0 Å². The molecule has 1 aliphatic carbocycles. The van der Waals surface area contributed by atoms with E-state index in [1.54, 1.807) is 7.11 Å². The van der Waals surface area contributed by atoms with Crippen molar-refractivity contribution in [1.82, 2.24) is 4.90 Å². The van der Waals surface area contributed by atoms with Crippen molar-refractivity contribution in [3.8, 4) is 5.75 Å². The van der Waals surface area contributed by atoms with Crippen LogP contribution >= 0.6 is 0 Å². The summed E-state index contributed by atoms with van der Waals surface area (Å²) in [5, 5.41) is 0. The van der Waals surface area contributed by atoms with Crippen molar-refractivity contribution in [2.45, 2.75) is 96.4 Å². The largest absolute Gasteiger partial charge is 0.573 e. The number of anilines is 1. The van der Waals surface area contributed by atoms with E-state index in [4.69, 9.17) is 9.47 Å². The van der Waals surface area contributed by atoms with Gasteiger partial charge in [-0.1, -0.05) is 6.92 Å². The van der Waals surface area contributed by atoms with Gasteiger partial charge >= 0.3 is 24.8 Å². The molecule has 1 unspecified atom stereocenters. The predicted molar refractivity (Wildman–Crippen MR) is 158 cm³/mol. The first kappa shape index (κ1) is 37.5. The highest BCUT2D eigenvalue weighted by Crippen LogP contribution is 2.42. The lowest BCUT2D eigenvalue weighted by atomic mass is 9.79.